The number of hydrogen-bond donors (Lipinski definition) is 2. The van der Waals surface area contributed by atoms with E-state index in [1.54, 1.807) is 0 Å². The van der Waals surface area contributed by atoms with Gasteiger partial charge in [-0.3, -0.25) is 14.6 Å². The van der Waals surface area contributed by atoms with Gasteiger partial charge in [-0.15, -0.1) is 0 Å². The minimum atomic E-state index is -0.112. The Kier molecular flexibility index (Phi) is 5.77. The maximum absolute atomic E-state index is 12.8. The molecule has 2 heterocycles. The lowest BCUT2D eigenvalue weighted by molar-refractivity contribution is -0.121. The number of nitrogens with one attached hydrogen (secondary N) is 2. The molecule has 1 amide bonds. The molecular weight excluding hydrogens is 312 g/mol. The number of carbonyl (C=O) groups is 1. The van der Waals surface area contributed by atoms with E-state index in [0.717, 1.165) is 63.2 Å². The molecule has 2 aliphatic heterocycles. The fraction of sp³-hybridized carbons (Fsp3) is 0.650. The zero-order valence-corrected chi connectivity index (χ0v) is 15.8. The zero-order valence-electron chi connectivity index (χ0n) is 15.8. The number of piperidine rings is 1. The van der Waals surface area contributed by atoms with E-state index in [2.05, 4.69) is 27.5 Å². The van der Waals surface area contributed by atoms with Crippen LogP contribution in [-0.4, -0.2) is 67.1 Å². The molecule has 2 aliphatic rings. The summed E-state index contributed by atoms with van der Waals surface area (Å²) in [5.41, 5.74) is 2.26. The third-order valence-corrected chi connectivity index (χ3v) is 5.99. The maximum atomic E-state index is 12.8. The van der Waals surface area contributed by atoms with Gasteiger partial charge in [0.25, 0.3) is 0 Å². The van der Waals surface area contributed by atoms with E-state index >= 15 is 0 Å². The number of benzene rings is 1. The van der Waals surface area contributed by atoms with Crippen LogP contribution in [0.25, 0.3) is 0 Å². The number of carbonyl (C=O) groups excluding carboxylic acids is 1. The Morgan fingerprint density at radius 2 is 2.04 bits per heavy atom. The second-order valence-electron chi connectivity index (χ2n) is 7.75. The summed E-state index contributed by atoms with van der Waals surface area (Å²) in [6.45, 7) is 9.32. The van der Waals surface area contributed by atoms with Crippen LogP contribution in [0.2, 0.25) is 0 Å². The van der Waals surface area contributed by atoms with Gasteiger partial charge in [-0.2, -0.15) is 0 Å². The molecule has 3 rings (SSSR count). The van der Waals surface area contributed by atoms with E-state index in [9.17, 15) is 4.79 Å². The molecule has 0 radical (unpaired) electrons. The van der Waals surface area contributed by atoms with Crippen LogP contribution in [-0.2, 0) is 4.79 Å². The van der Waals surface area contributed by atoms with Crippen molar-refractivity contribution in [2.24, 2.45) is 0 Å². The van der Waals surface area contributed by atoms with Crippen LogP contribution in [0.4, 0.5) is 5.69 Å². The Morgan fingerprint density at radius 3 is 2.76 bits per heavy atom. The summed E-state index contributed by atoms with van der Waals surface area (Å²) in [5, 5.41) is 6.57. The molecule has 1 aromatic carbocycles. The van der Waals surface area contributed by atoms with Gasteiger partial charge in [0.05, 0.1) is 6.04 Å². The van der Waals surface area contributed by atoms with Crippen molar-refractivity contribution in [3.8, 4) is 0 Å². The molecule has 1 unspecified atom stereocenters. The lowest BCUT2D eigenvalue weighted by Gasteiger charge is -2.46. The van der Waals surface area contributed by atoms with Crippen LogP contribution in [0.1, 0.15) is 31.7 Å². The van der Waals surface area contributed by atoms with Crippen molar-refractivity contribution in [3.05, 3.63) is 29.8 Å². The first-order valence-electron chi connectivity index (χ1n) is 9.54. The minimum absolute atomic E-state index is 0.0965. The quantitative estimate of drug-likeness (QED) is 0.881. The third kappa shape index (κ3) is 4.22. The van der Waals surface area contributed by atoms with Gasteiger partial charge in [0.1, 0.15) is 0 Å². The van der Waals surface area contributed by atoms with Crippen LogP contribution in [0.3, 0.4) is 0 Å². The summed E-state index contributed by atoms with van der Waals surface area (Å²) in [4.78, 5) is 17.7. The summed E-state index contributed by atoms with van der Waals surface area (Å²) in [7, 11) is 2.26. The normalized spacial score (nSPS) is 23.2. The van der Waals surface area contributed by atoms with E-state index in [1.807, 2.05) is 38.1 Å². The largest absolute Gasteiger partial charge is 0.325 e. The standard InChI is InChI=1S/C20H32N4O/c1-16-6-4-7-18(14-16)22-19(25)17(2)24-13-5-12-23(3)20(15-24)8-10-21-11-9-20/h4,6-7,14,17,21H,5,8-13,15H2,1-3H3,(H,22,25). The molecule has 1 spiro atoms. The van der Waals surface area contributed by atoms with Gasteiger partial charge >= 0.3 is 0 Å². The number of anilines is 1. The van der Waals surface area contributed by atoms with Crippen LogP contribution >= 0.6 is 0 Å². The Hall–Kier alpha value is -1.43. The average Bonchev–Trinajstić information content (AvgIpc) is 2.75. The van der Waals surface area contributed by atoms with Crippen molar-refractivity contribution < 1.29 is 4.79 Å². The molecule has 0 saturated carbocycles. The predicted molar refractivity (Wildman–Crippen MR) is 103 cm³/mol. The molecule has 1 atom stereocenters. The van der Waals surface area contributed by atoms with Crippen molar-refractivity contribution in [2.45, 2.75) is 44.7 Å². The summed E-state index contributed by atoms with van der Waals surface area (Å²) >= 11 is 0. The van der Waals surface area contributed by atoms with Gasteiger partial charge in [0.15, 0.2) is 0 Å². The van der Waals surface area contributed by atoms with Crippen molar-refractivity contribution in [3.63, 3.8) is 0 Å². The highest BCUT2D eigenvalue weighted by atomic mass is 16.2. The van der Waals surface area contributed by atoms with Crippen LogP contribution in [0.5, 0.6) is 0 Å². The lowest BCUT2D eigenvalue weighted by Crippen LogP contribution is -2.59. The van der Waals surface area contributed by atoms with Crippen LogP contribution in [0, 0.1) is 6.92 Å². The summed E-state index contributed by atoms with van der Waals surface area (Å²) < 4.78 is 0. The molecule has 25 heavy (non-hydrogen) atoms. The smallest absolute Gasteiger partial charge is 0.241 e. The average molecular weight is 345 g/mol. The summed E-state index contributed by atoms with van der Waals surface area (Å²) in [6, 6.07) is 7.90. The van der Waals surface area contributed by atoms with Gasteiger partial charge in [0.2, 0.25) is 5.91 Å². The number of hydrogen-bond acceptors (Lipinski definition) is 4. The molecule has 2 N–H and O–H groups in total. The predicted octanol–water partition coefficient (Wildman–Crippen LogP) is 2.08. The molecule has 0 bridgehead atoms. The van der Waals surface area contributed by atoms with Crippen molar-refractivity contribution in [1.82, 2.24) is 15.1 Å². The number of amides is 1. The first kappa shape index (κ1) is 18.4. The Morgan fingerprint density at radius 1 is 1.28 bits per heavy atom. The van der Waals surface area contributed by atoms with Crippen LogP contribution in [0.15, 0.2) is 24.3 Å². The second-order valence-corrected chi connectivity index (χ2v) is 7.75. The summed E-state index contributed by atoms with van der Waals surface area (Å²) in [5.74, 6) is 0.0965. The van der Waals surface area contributed by atoms with Gasteiger partial charge in [-0.05, 0) is 77.5 Å². The molecule has 5 heteroatoms. The first-order valence-corrected chi connectivity index (χ1v) is 9.54. The van der Waals surface area contributed by atoms with Gasteiger partial charge < -0.3 is 10.6 Å². The molecule has 1 aromatic rings. The maximum Gasteiger partial charge on any atom is 0.241 e. The van der Waals surface area contributed by atoms with E-state index in [0.29, 0.717) is 0 Å². The molecule has 0 aromatic heterocycles. The molecule has 2 fully saturated rings. The van der Waals surface area contributed by atoms with E-state index in [1.165, 1.54) is 0 Å². The number of rotatable bonds is 3. The minimum Gasteiger partial charge on any atom is -0.325 e. The Balaban J connectivity index is 1.69. The monoisotopic (exact) mass is 344 g/mol. The highest BCUT2D eigenvalue weighted by molar-refractivity contribution is 5.94. The summed E-state index contributed by atoms with van der Waals surface area (Å²) in [6.07, 6.45) is 3.44. The van der Waals surface area contributed by atoms with E-state index < -0.39 is 0 Å². The topological polar surface area (TPSA) is 47.6 Å². The number of likely N-dealkylation sites (N-methyl/N-ethyl adjacent to an activating group) is 1. The van der Waals surface area contributed by atoms with E-state index in [-0.39, 0.29) is 17.5 Å². The third-order valence-electron chi connectivity index (χ3n) is 5.99. The first-order chi connectivity index (χ1) is 12.0. The molecular formula is C20H32N4O. The van der Waals surface area contributed by atoms with Crippen molar-refractivity contribution >= 4 is 11.6 Å². The van der Waals surface area contributed by atoms with Gasteiger partial charge in [0, 0.05) is 24.3 Å². The van der Waals surface area contributed by atoms with Crippen LogP contribution < -0.4 is 10.6 Å². The van der Waals surface area contributed by atoms with Gasteiger partial charge in [-0.1, -0.05) is 12.1 Å². The molecule has 2 saturated heterocycles. The Bertz CT molecular complexity index is 597. The number of nitrogens with zero attached hydrogens (tertiary/aromatic N) is 2. The lowest BCUT2D eigenvalue weighted by atomic mass is 9.86. The number of aryl methyl sites for hydroxylation is 1. The highest BCUT2D eigenvalue weighted by Gasteiger charge is 2.40. The van der Waals surface area contributed by atoms with Crippen molar-refractivity contribution in [2.75, 3.05) is 45.1 Å². The van der Waals surface area contributed by atoms with E-state index in [4.69, 9.17) is 0 Å². The Labute approximate surface area is 151 Å². The van der Waals surface area contributed by atoms with Crippen molar-refractivity contribution in [1.29, 1.82) is 0 Å². The molecule has 5 nitrogen and oxygen atoms in total. The highest BCUT2D eigenvalue weighted by Crippen LogP contribution is 2.29. The second kappa shape index (κ2) is 7.85. The fourth-order valence-electron chi connectivity index (χ4n) is 4.22. The SMILES string of the molecule is Cc1cccc(NC(=O)C(C)N2CCCN(C)C3(CCNCC3)C2)c1. The molecule has 0 aliphatic carbocycles. The fourth-order valence-corrected chi connectivity index (χ4v) is 4.22. The van der Waals surface area contributed by atoms with Gasteiger partial charge in [-0.25, -0.2) is 0 Å². The zero-order chi connectivity index (χ0) is 17.9. The molecule has 138 valence electrons.